The number of ether oxygens (including phenoxy) is 1. The molecule has 2 rings (SSSR count). The van der Waals surface area contributed by atoms with E-state index in [0.29, 0.717) is 12.2 Å². The molecule has 6 nitrogen and oxygen atoms in total. The molecule has 0 heterocycles. The van der Waals surface area contributed by atoms with Gasteiger partial charge >= 0.3 is 0 Å². The summed E-state index contributed by atoms with van der Waals surface area (Å²) in [6.07, 6.45) is 3.65. The van der Waals surface area contributed by atoms with Crippen molar-refractivity contribution < 1.29 is 17.9 Å². The number of rotatable bonds is 11. The Bertz CT molecular complexity index is 924. The Hall–Kier alpha value is -2.54. The van der Waals surface area contributed by atoms with Gasteiger partial charge < -0.3 is 10.1 Å². The Morgan fingerprint density at radius 2 is 1.80 bits per heavy atom. The molecule has 0 unspecified atom stereocenters. The van der Waals surface area contributed by atoms with Crippen LogP contribution >= 0.6 is 0 Å². The second-order valence-electron chi connectivity index (χ2n) is 7.56. The molecule has 0 bridgehead atoms. The number of sulfonamides is 1. The summed E-state index contributed by atoms with van der Waals surface area (Å²) < 4.78 is 31.2. The highest BCUT2D eigenvalue weighted by Gasteiger charge is 2.20. The van der Waals surface area contributed by atoms with Crippen LogP contribution in [0.15, 0.2) is 48.5 Å². The fourth-order valence-corrected chi connectivity index (χ4v) is 3.91. The van der Waals surface area contributed by atoms with Crippen molar-refractivity contribution in [1.82, 2.24) is 5.32 Å². The van der Waals surface area contributed by atoms with E-state index in [1.807, 2.05) is 57.2 Å². The van der Waals surface area contributed by atoms with Gasteiger partial charge in [0.15, 0.2) is 0 Å². The summed E-state index contributed by atoms with van der Waals surface area (Å²) in [4.78, 5) is 12.3. The number of aryl methyl sites for hydroxylation is 2. The fourth-order valence-electron chi connectivity index (χ4n) is 3.05. The van der Waals surface area contributed by atoms with E-state index in [1.54, 1.807) is 12.1 Å². The van der Waals surface area contributed by atoms with Gasteiger partial charge in [-0.2, -0.15) is 0 Å². The number of hydrogen-bond acceptors (Lipinski definition) is 4. The minimum Gasteiger partial charge on any atom is -0.491 e. The smallest absolute Gasteiger partial charge is 0.240 e. The summed E-state index contributed by atoms with van der Waals surface area (Å²) in [6.45, 7) is 6.24. The quantitative estimate of drug-likeness (QED) is 0.551. The second-order valence-corrected chi connectivity index (χ2v) is 9.46. The van der Waals surface area contributed by atoms with Crippen molar-refractivity contribution in [3.63, 3.8) is 0 Å². The highest BCUT2D eigenvalue weighted by Crippen LogP contribution is 2.19. The third-order valence-electron chi connectivity index (χ3n) is 4.55. The molecule has 2 aromatic carbocycles. The summed E-state index contributed by atoms with van der Waals surface area (Å²) in [7, 11) is -3.56. The Kier molecular flexibility index (Phi) is 8.72. The average Bonchev–Trinajstić information content (AvgIpc) is 2.68. The van der Waals surface area contributed by atoms with E-state index in [0.717, 1.165) is 46.7 Å². The van der Waals surface area contributed by atoms with E-state index in [9.17, 15) is 13.2 Å². The predicted octanol–water partition coefficient (Wildman–Crippen LogP) is 3.55. The van der Waals surface area contributed by atoms with Crippen LogP contribution in [-0.4, -0.2) is 39.8 Å². The molecule has 0 saturated carbocycles. The molecule has 0 aliphatic carbocycles. The lowest BCUT2D eigenvalue weighted by Crippen LogP contribution is -2.40. The van der Waals surface area contributed by atoms with Gasteiger partial charge in [-0.05, 0) is 68.5 Å². The van der Waals surface area contributed by atoms with Gasteiger partial charge in [0.2, 0.25) is 15.9 Å². The van der Waals surface area contributed by atoms with Crippen molar-refractivity contribution in [3.8, 4) is 5.75 Å². The first-order valence-electron chi connectivity index (χ1n) is 10.3. The number of carbonyl (C=O) groups excluding carboxylic acids is 1. The molecular weight excluding hydrogens is 400 g/mol. The van der Waals surface area contributed by atoms with E-state index in [1.165, 1.54) is 0 Å². The molecule has 0 aliphatic rings. The highest BCUT2D eigenvalue weighted by atomic mass is 32.2. The average molecular weight is 433 g/mol. The summed E-state index contributed by atoms with van der Waals surface area (Å²) in [5.41, 5.74) is 2.74. The van der Waals surface area contributed by atoms with Crippen molar-refractivity contribution in [1.29, 1.82) is 0 Å². The maximum absolute atomic E-state index is 12.3. The van der Waals surface area contributed by atoms with Crippen molar-refractivity contribution in [2.24, 2.45) is 0 Å². The molecule has 0 aromatic heterocycles. The molecule has 30 heavy (non-hydrogen) atoms. The van der Waals surface area contributed by atoms with Crippen molar-refractivity contribution in [2.45, 2.75) is 46.1 Å². The van der Waals surface area contributed by atoms with Crippen LogP contribution in [0.1, 0.15) is 38.3 Å². The largest absolute Gasteiger partial charge is 0.491 e. The number of carbonyl (C=O) groups is 1. The lowest BCUT2D eigenvalue weighted by atomic mass is 10.1. The van der Waals surface area contributed by atoms with Gasteiger partial charge in [0.05, 0.1) is 18.0 Å². The van der Waals surface area contributed by atoms with E-state index in [-0.39, 0.29) is 18.6 Å². The van der Waals surface area contributed by atoms with Crippen LogP contribution in [0.4, 0.5) is 5.69 Å². The lowest BCUT2D eigenvalue weighted by Gasteiger charge is -2.22. The first-order chi connectivity index (χ1) is 14.2. The normalized spacial score (nSPS) is 11.4. The van der Waals surface area contributed by atoms with Crippen molar-refractivity contribution in [3.05, 3.63) is 59.7 Å². The molecule has 0 spiro atoms. The molecule has 2 aromatic rings. The third-order valence-corrected chi connectivity index (χ3v) is 5.70. The molecule has 7 heteroatoms. The van der Waals surface area contributed by atoms with E-state index < -0.39 is 10.0 Å². The molecule has 0 aliphatic heterocycles. The van der Waals surface area contributed by atoms with Gasteiger partial charge in [-0.3, -0.25) is 9.10 Å². The fraction of sp³-hybridized carbons (Fsp3) is 0.435. The van der Waals surface area contributed by atoms with Crippen LogP contribution in [0.2, 0.25) is 0 Å². The number of benzene rings is 2. The number of hydrogen-bond donors (Lipinski definition) is 1. The molecular formula is C23H32N2O4S. The van der Waals surface area contributed by atoms with Crippen LogP contribution in [0.3, 0.4) is 0 Å². The third kappa shape index (κ3) is 7.71. The monoisotopic (exact) mass is 432 g/mol. The number of nitrogens with zero attached hydrogens (tertiary/aromatic N) is 1. The summed E-state index contributed by atoms with van der Waals surface area (Å²) in [5, 5.41) is 2.82. The van der Waals surface area contributed by atoms with Gasteiger partial charge in [-0.15, -0.1) is 0 Å². The molecule has 0 radical (unpaired) electrons. The first kappa shape index (κ1) is 23.7. The zero-order valence-electron chi connectivity index (χ0n) is 18.2. The van der Waals surface area contributed by atoms with Crippen LogP contribution in [0.5, 0.6) is 5.75 Å². The highest BCUT2D eigenvalue weighted by molar-refractivity contribution is 7.92. The van der Waals surface area contributed by atoms with Crippen LogP contribution in [0.25, 0.3) is 0 Å². The standard InChI is InChI=1S/C23H32N2O4S/c1-5-19-11-13-21(14-12-19)25(30(4,27)28)17-23(26)24-15-7-9-20-8-6-10-22(16-20)29-18(2)3/h6,8,10-14,16,18H,5,7,9,15,17H2,1-4H3,(H,24,26). The second kappa shape index (κ2) is 11.0. The summed E-state index contributed by atoms with van der Waals surface area (Å²) >= 11 is 0. The molecule has 0 fully saturated rings. The minimum atomic E-state index is -3.56. The summed E-state index contributed by atoms with van der Waals surface area (Å²) in [6, 6.07) is 15.1. The van der Waals surface area contributed by atoms with Gasteiger partial charge in [0, 0.05) is 6.54 Å². The molecule has 1 N–H and O–H groups in total. The number of nitrogens with one attached hydrogen (secondary N) is 1. The van der Waals surface area contributed by atoms with Gasteiger partial charge in [-0.1, -0.05) is 31.2 Å². The lowest BCUT2D eigenvalue weighted by molar-refractivity contribution is -0.119. The van der Waals surface area contributed by atoms with Gasteiger partial charge in [-0.25, -0.2) is 8.42 Å². The Morgan fingerprint density at radius 1 is 1.10 bits per heavy atom. The molecule has 164 valence electrons. The Morgan fingerprint density at radius 3 is 2.40 bits per heavy atom. The zero-order chi connectivity index (χ0) is 22.1. The maximum atomic E-state index is 12.3. The minimum absolute atomic E-state index is 0.121. The van der Waals surface area contributed by atoms with E-state index in [2.05, 4.69) is 5.32 Å². The Balaban J connectivity index is 1.87. The SMILES string of the molecule is CCc1ccc(N(CC(=O)NCCCc2cccc(OC(C)C)c2)S(C)(=O)=O)cc1. The topological polar surface area (TPSA) is 75.7 Å². The predicted molar refractivity (Wildman–Crippen MR) is 122 cm³/mol. The van der Waals surface area contributed by atoms with Crippen LogP contribution in [0, 0.1) is 0 Å². The molecule has 1 amide bonds. The van der Waals surface area contributed by atoms with Crippen molar-refractivity contribution >= 4 is 21.6 Å². The van der Waals surface area contributed by atoms with Crippen LogP contribution in [-0.2, 0) is 27.7 Å². The zero-order valence-corrected chi connectivity index (χ0v) is 19.0. The van der Waals surface area contributed by atoms with E-state index in [4.69, 9.17) is 4.74 Å². The number of amides is 1. The first-order valence-corrected chi connectivity index (χ1v) is 12.1. The van der Waals surface area contributed by atoms with Gasteiger partial charge in [0.1, 0.15) is 12.3 Å². The summed E-state index contributed by atoms with van der Waals surface area (Å²) in [5.74, 6) is 0.515. The van der Waals surface area contributed by atoms with Crippen LogP contribution < -0.4 is 14.4 Å². The van der Waals surface area contributed by atoms with Crippen molar-refractivity contribution in [2.75, 3.05) is 23.7 Å². The number of anilines is 1. The van der Waals surface area contributed by atoms with E-state index >= 15 is 0 Å². The maximum Gasteiger partial charge on any atom is 0.240 e. The molecule has 0 saturated heterocycles. The Labute approximate surface area is 180 Å². The molecule has 0 atom stereocenters. The van der Waals surface area contributed by atoms with Gasteiger partial charge in [0.25, 0.3) is 0 Å².